The van der Waals surface area contributed by atoms with Gasteiger partial charge in [0.25, 0.3) is 11.8 Å². The van der Waals surface area contributed by atoms with Gasteiger partial charge in [0.2, 0.25) is 0 Å². The molecule has 1 heterocycles. The van der Waals surface area contributed by atoms with Crippen molar-refractivity contribution in [1.29, 1.82) is 0 Å². The fourth-order valence-electron chi connectivity index (χ4n) is 3.37. The lowest BCUT2D eigenvalue weighted by atomic mass is 10.1. The van der Waals surface area contributed by atoms with E-state index in [2.05, 4.69) is 10.6 Å². The Bertz CT molecular complexity index is 719. The topological polar surface area (TPSA) is 101 Å². The Balaban J connectivity index is 1.75. The molecule has 1 saturated heterocycles. The van der Waals surface area contributed by atoms with Gasteiger partial charge < -0.3 is 29.9 Å². The van der Waals surface area contributed by atoms with Crippen LogP contribution in [-0.4, -0.2) is 75.3 Å². The molecule has 3 amide bonds. The minimum atomic E-state index is -0.300. The summed E-state index contributed by atoms with van der Waals surface area (Å²) in [6.07, 6.45) is 1.09. The van der Waals surface area contributed by atoms with Crippen LogP contribution < -0.4 is 20.3 Å². The van der Waals surface area contributed by atoms with Crippen molar-refractivity contribution in [3.05, 3.63) is 24.3 Å². The molecule has 1 fully saturated rings. The number of piperidine rings is 1. The number of nitrogens with zero attached hydrogens (tertiary/aromatic N) is 1. The van der Waals surface area contributed by atoms with Crippen LogP contribution in [0.25, 0.3) is 0 Å². The van der Waals surface area contributed by atoms with Crippen LogP contribution in [0.3, 0.4) is 0 Å². The second-order valence-electron chi connectivity index (χ2n) is 7.26. The fourth-order valence-corrected chi connectivity index (χ4v) is 3.37. The summed E-state index contributed by atoms with van der Waals surface area (Å²) in [6, 6.07) is 7.19. The number of nitrogens with one attached hydrogen (secondary N) is 3. The highest BCUT2D eigenvalue weighted by atomic mass is 16.6. The summed E-state index contributed by atoms with van der Waals surface area (Å²) in [7, 11) is 1.57. The summed E-state index contributed by atoms with van der Waals surface area (Å²) in [5.41, 5.74) is 0.660. The smallest absolute Gasteiger partial charge is 0.409 e. The molecular formula is C21H33N4O5+. The van der Waals surface area contributed by atoms with Crippen molar-refractivity contribution >= 4 is 23.6 Å². The van der Waals surface area contributed by atoms with Gasteiger partial charge in [-0.25, -0.2) is 4.79 Å². The number of methoxy groups -OCH3 is 1. The molecule has 2 rings (SSSR count). The van der Waals surface area contributed by atoms with E-state index in [9.17, 15) is 14.4 Å². The molecule has 0 spiro atoms. The standard InChI is InChI=1S/C21H32N4O5/c1-4-24(15-20(27)23-17-7-6-8-18(13-17)29-3)14-19(26)22-16-9-11-25(12-10-16)21(28)30-5-2/h6-8,13,16H,4-5,9-12,14-15H2,1-3H3,(H,22,26)(H,23,27)/p+1. The first-order valence-corrected chi connectivity index (χ1v) is 10.4. The summed E-state index contributed by atoms with van der Waals surface area (Å²) < 4.78 is 10.2. The van der Waals surface area contributed by atoms with E-state index in [1.807, 2.05) is 6.92 Å². The second-order valence-corrected chi connectivity index (χ2v) is 7.26. The largest absolute Gasteiger partial charge is 0.497 e. The Morgan fingerprint density at radius 1 is 1.13 bits per heavy atom. The molecule has 0 saturated carbocycles. The lowest BCUT2D eigenvalue weighted by Gasteiger charge is -2.31. The third kappa shape index (κ3) is 7.55. The van der Waals surface area contributed by atoms with E-state index >= 15 is 0 Å². The molecule has 1 aliphatic rings. The van der Waals surface area contributed by atoms with E-state index in [1.165, 1.54) is 0 Å². The average molecular weight is 422 g/mol. The molecule has 0 aromatic heterocycles. The van der Waals surface area contributed by atoms with Crippen LogP contribution >= 0.6 is 0 Å². The van der Waals surface area contributed by atoms with Gasteiger partial charge in [0.05, 0.1) is 20.3 Å². The summed E-state index contributed by atoms with van der Waals surface area (Å²) in [4.78, 5) is 39.1. The van der Waals surface area contributed by atoms with Gasteiger partial charge in [0.1, 0.15) is 5.75 Å². The molecule has 0 bridgehead atoms. The van der Waals surface area contributed by atoms with Gasteiger partial charge in [-0.05, 0) is 38.8 Å². The number of benzene rings is 1. The van der Waals surface area contributed by atoms with E-state index in [-0.39, 0.29) is 37.0 Å². The van der Waals surface area contributed by atoms with Crippen molar-refractivity contribution in [2.24, 2.45) is 0 Å². The highest BCUT2D eigenvalue weighted by Gasteiger charge is 2.25. The zero-order chi connectivity index (χ0) is 21.9. The number of ether oxygens (including phenoxy) is 2. The van der Waals surface area contributed by atoms with E-state index in [1.54, 1.807) is 43.2 Å². The van der Waals surface area contributed by atoms with Gasteiger partial charge in [-0.2, -0.15) is 0 Å². The maximum absolute atomic E-state index is 12.4. The van der Waals surface area contributed by atoms with Gasteiger partial charge in [-0.1, -0.05) is 6.07 Å². The Kier molecular flexibility index (Phi) is 9.40. The molecule has 1 aromatic rings. The van der Waals surface area contributed by atoms with Crippen molar-refractivity contribution in [1.82, 2.24) is 10.2 Å². The van der Waals surface area contributed by atoms with Gasteiger partial charge in [-0.15, -0.1) is 0 Å². The van der Waals surface area contributed by atoms with Crippen LogP contribution in [0, 0.1) is 0 Å². The minimum absolute atomic E-state index is 0.0342. The van der Waals surface area contributed by atoms with Crippen LogP contribution in [-0.2, 0) is 14.3 Å². The van der Waals surface area contributed by atoms with Crippen molar-refractivity contribution < 1.29 is 28.8 Å². The monoisotopic (exact) mass is 421 g/mol. The fraction of sp³-hybridized carbons (Fsp3) is 0.571. The Morgan fingerprint density at radius 3 is 2.47 bits per heavy atom. The molecule has 3 N–H and O–H groups in total. The number of rotatable bonds is 9. The average Bonchev–Trinajstić information content (AvgIpc) is 2.74. The van der Waals surface area contributed by atoms with Crippen LogP contribution in [0.15, 0.2) is 24.3 Å². The molecule has 1 unspecified atom stereocenters. The maximum Gasteiger partial charge on any atom is 0.409 e. The first-order valence-electron chi connectivity index (χ1n) is 10.4. The molecular weight excluding hydrogens is 388 g/mol. The van der Waals surface area contributed by atoms with Crippen LogP contribution in [0.1, 0.15) is 26.7 Å². The quantitative estimate of drug-likeness (QED) is 0.532. The minimum Gasteiger partial charge on any atom is -0.497 e. The summed E-state index contributed by atoms with van der Waals surface area (Å²) in [5, 5.41) is 5.87. The maximum atomic E-state index is 12.4. The number of carbonyl (C=O) groups excluding carboxylic acids is 3. The van der Waals surface area contributed by atoms with E-state index in [4.69, 9.17) is 9.47 Å². The van der Waals surface area contributed by atoms with Gasteiger partial charge >= 0.3 is 6.09 Å². The number of amides is 3. The van der Waals surface area contributed by atoms with Gasteiger partial charge in [0, 0.05) is 30.9 Å². The van der Waals surface area contributed by atoms with Crippen molar-refractivity contribution in [2.45, 2.75) is 32.7 Å². The number of anilines is 1. The first kappa shape index (κ1) is 23.5. The molecule has 9 heteroatoms. The second kappa shape index (κ2) is 12.0. The zero-order valence-electron chi connectivity index (χ0n) is 18.0. The normalized spacial score (nSPS) is 15.2. The number of hydrogen-bond acceptors (Lipinski definition) is 5. The van der Waals surface area contributed by atoms with Crippen molar-refractivity contribution in [2.75, 3.05) is 51.8 Å². The van der Waals surface area contributed by atoms with E-state index in [0.717, 1.165) is 4.90 Å². The van der Waals surface area contributed by atoms with E-state index in [0.29, 0.717) is 50.5 Å². The highest BCUT2D eigenvalue weighted by molar-refractivity contribution is 5.91. The van der Waals surface area contributed by atoms with Crippen molar-refractivity contribution in [3.63, 3.8) is 0 Å². The number of quaternary nitrogens is 1. The number of carbonyl (C=O) groups is 3. The SMILES string of the molecule is CCOC(=O)N1CCC(NC(=O)C[NH+](CC)CC(=O)Nc2cccc(OC)c2)CC1. The predicted molar refractivity (Wildman–Crippen MR) is 113 cm³/mol. The number of likely N-dealkylation sites (N-methyl/N-ethyl adjacent to an activating group) is 1. The summed E-state index contributed by atoms with van der Waals surface area (Å²) in [6.45, 7) is 6.29. The molecule has 0 radical (unpaired) electrons. The van der Waals surface area contributed by atoms with E-state index < -0.39 is 0 Å². The number of hydrogen-bond donors (Lipinski definition) is 3. The molecule has 1 aromatic carbocycles. The lowest BCUT2D eigenvalue weighted by Crippen LogP contribution is -3.14. The molecule has 1 aliphatic heterocycles. The lowest BCUT2D eigenvalue weighted by molar-refractivity contribution is -0.881. The molecule has 30 heavy (non-hydrogen) atoms. The van der Waals surface area contributed by atoms with Crippen molar-refractivity contribution in [3.8, 4) is 5.75 Å². The van der Waals surface area contributed by atoms with Crippen LogP contribution in [0.4, 0.5) is 10.5 Å². The van der Waals surface area contributed by atoms with Gasteiger partial charge in [0.15, 0.2) is 13.1 Å². The Hall–Kier alpha value is -2.81. The molecule has 166 valence electrons. The van der Waals surface area contributed by atoms with Crippen LogP contribution in [0.2, 0.25) is 0 Å². The zero-order valence-corrected chi connectivity index (χ0v) is 18.0. The molecule has 0 aliphatic carbocycles. The number of likely N-dealkylation sites (tertiary alicyclic amines) is 1. The molecule has 1 atom stereocenters. The third-order valence-corrected chi connectivity index (χ3v) is 5.06. The van der Waals surface area contributed by atoms with Crippen LogP contribution in [0.5, 0.6) is 5.75 Å². The first-order chi connectivity index (χ1) is 14.4. The highest BCUT2D eigenvalue weighted by Crippen LogP contribution is 2.16. The third-order valence-electron chi connectivity index (χ3n) is 5.06. The Morgan fingerprint density at radius 2 is 1.83 bits per heavy atom. The Labute approximate surface area is 177 Å². The van der Waals surface area contributed by atoms with Gasteiger partial charge in [-0.3, -0.25) is 9.59 Å². The summed E-state index contributed by atoms with van der Waals surface area (Å²) in [5.74, 6) is 0.423. The molecule has 9 nitrogen and oxygen atoms in total. The summed E-state index contributed by atoms with van der Waals surface area (Å²) >= 11 is 0. The predicted octanol–water partition coefficient (Wildman–Crippen LogP) is 0.276.